The Bertz CT molecular complexity index is 362. The first-order valence-electron chi connectivity index (χ1n) is 3.87. The van der Waals surface area contributed by atoms with Crippen LogP contribution in [-0.4, -0.2) is 23.6 Å². The third-order valence-corrected chi connectivity index (χ3v) is 1.48. The summed E-state index contributed by atoms with van der Waals surface area (Å²) in [7, 11) is 0. The number of aromatic carboxylic acids is 1. The first-order chi connectivity index (χ1) is 6.63. The number of hydrogen-bond acceptors (Lipinski definition) is 4. The Morgan fingerprint density at radius 2 is 2.14 bits per heavy atom. The average Bonchev–Trinajstić information content (AvgIpc) is 2.18. The van der Waals surface area contributed by atoms with E-state index in [4.69, 9.17) is 15.6 Å². The number of carboxylic acid groups (broad SMARTS) is 1. The van der Waals surface area contributed by atoms with Crippen molar-refractivity contribution in [2.75, 3.05) is 6.54 Å². The van der Waals surface area contributed by atoms with Crippen molar-refractivity contribution < 1.29 is 19.4 Å². The first-order valence-corrected chi connectivity index (χ1v) is 3.87. The van der Waals surface area contributed by atoms with Gasteiger partial charge < -0.3 is 15.6 Å². The van der Waals surface area contributed by atoms with E-state index in [1.165, 1.54) is 24.3 Å². The first kappa shape index (κ1) is 10.2. The van der Waals surface area contributed by atoms with Crippen molar-refractivity contribution in [3.05, 3.63) is 29.8 Å². The van der Waals surface area contributed by atoms with Crippen molar-refractivity contribution >= 4 is 11.9 Å². The molecule has 1 aromatic carbocycles. The fourth-order valence-electron chi connectivity index (χ4n) is 0.866. The summed E-state index contributed by atoms with van der Waals surface area (Å²) >= 11 is 0. The lowest BCUT2D eigenvalue weighted by atomic mass is 10.2. The van der Waals surface area contributed by atoms with Crippen LogP contribution in [0.15, 0.2) is 24.3 Å². The summed E-state index contributed by atoms with van der Waals surface area (Å²) in [6.07, 6.45) is 0. The summed E-state index contributed by atoms with van der Waals surface area (Å²) in [6.45, 7) is -0.239. The summed E-state index contributed by atoms with van der Waals surface area (Å²) in [5.74, 6) is -1.50. The molecular formula is C9H9NO4. The number of carbonyl (C=O) groups excluding carboxylic acids is 1. The molecule has 0 bridgehead atoms. The minimum atomic E-state index is -1.07. The molecule has 0 aliphatic rings. The highest BCUT2D eigenvalue weighted by atomic mass is 16.5. The van der Waals surface area contributed by atoms with Crippen molar-refractivity contribution in [3.8, 4) is 5.75 Å². The molecule has 0 aromatic heterocycles. The highest BCUT2D eigenvalue weighted by Crippen LogP contribution is 2.13. The van der Waals surface area contributed by atoms with Crippen LogP contribution in [0.25, 0.3) is 0 Å². The molecule has 0 heterocycles. The van der Waals surface area contributed by atoms with E-state index in [-0.39, 0.29) is 17.9 Å². The normalized spacial score (nSPS) is 9.50. The summed E-state index contributed by atoms with van der Waals surface area (Å²) in [4.78, 5) is 21.3. The minimum Gasteiger partial charge on any atom is -0.478 e. The molecule has 0 fully saturated rings. The number of hydrogen-bond donors (Lipinski definition) is 2. The maximum atomic E-state index is 10.8. The average molecular weight is 195 g/mol. The van der Waals surface area contributed by atoms with Crippen LogP contribution in [0.3, 0.4) is 0 Å². The van der Waals surface area contributed by atoms with Gasteiger partial charge in [-0.05, 0) is 18.2 Å². The molecule has 0 unspecified atom stereocenters. The number of benzene rings is 1. The van der Waals surface area contributed by atoms with Crippen LogP contribution >= 0.6 is 0 Å². The molecule has 0 aliphatic carbocycles. The predicted octanol–water partition coefficient (Wildman–Crippen LogP) is 0.249. The second-order valence-electron chi connectivity index (χ2n) is 2.51. The second kappa shape index (κ2) is 4.38. The molecule has 0 aliphatic heterocycles. The molecule has 1 aromatic rings. The largest absolute Gasteiger partial charge is 0.478 e. The maximum absolute atomic E-state index is 10.8. The van der Waals surface area contributed by atoms with E-state index in [9.17, 15) is 9.59 Å². The Hall–Kier alpha value is -1.88. The highest BCUT2D eigenvalue weighted by Gasteiger charge is 2.06. The van der Waals surface area contributed by atoms with E-state index in [0.29, 0.717) is 0 Å². The second-order valence-corrected chi connectivity index (χ2v) is 2.51. The van der Waals surface area contributed by atoms with Crippen LogP contribution in [0.1, 0.15) is 10.4 Å². The summed E-state index contributed by atoms with van der Waals surface area (Å²) in [5.41, 5.74) is 5.09. The van der Waals surface area contributed by atoms with Gasteiger partial charge in [-0.3, -0.25) is 4.79 Å². The van der Waals surface area contributed by atoms with Gasteiger partial charge in [0.1, 0.15) is 5.75 Å². The fraction of sp³-hybridized carbons (Fsp3) is 0.111. The molecule has 0 saturated carbocycles. The Kier molecular flexibility index (Phi) is 3.19. The molecule has 0 amide bonds. The number of ether oxygens (including phenoxy) is 1. The number of esters is 1. The SMILES string of the molecule is NCC(=O)Oc1cccc(C(=O)O)c1. The number of rotatable bonds is 3. The van der Waals surface area contributed by atoms with E-state index in [1.54, 1.807) is 0 Å². The topological polar surface area (TPSA) is 89.6 Å². The molecule has 14 heavy (non-hydrogen) atoms. The van der Waals surface area contributed by atoms with E-state index >= 15 is 0 Å². The molecule has 5 nitrogen and oxygen atoms in total. The third kappa shape index (κ3) is 2.56. The summed E-state index contributed by atoms with van der Waals surface area (Å²) in [5, 5.41) is 8.64. The van der Waals surface area contributed by atoms with Gasteiger partial charge in [0.25, 0.3) is 0 Å². The molecule has 5 heteroatoms. The number of carboxylic acids is 1. The fourth-order valence-corrected chi connectivity index (χ4v) is 0.866. The molecule has 74 valence electrons. The van der Waals surface area contributed by atoms with Crippen LogP contribution in [0.4, 0.5) is 0 Å². The number of nitrogens with two attached hydrogens (primary N) is 1. The smallest absolute Gasteiger partial charge is 0.335 e. The lowest BCUT2D eigenvalue weighted by molar-refractivity contribution is -0.132. The summed E-state index contributed by atoms with van der Waals surface area (Å²) < 4.78 is 4.73. The van der Waals surface area contributed by atoms with Crippen LogP contribution < -0.4 is 10.5 Å². The van der Waals surface area contributed by atoms with Gasteiger partial charge in [0, 0.05) is 0 Å². The molecular weight excluding hydrogens is 186 g/mol. The summed E-state index contributed by atoms with van der Waals surface area (Å²) in [6, 6.07) is 5.64. The van der Waals surface area contributed by atoms with Crippen molar-refractivity contribution in [1.29, 1.82) is 0 Å². The zero-order valence-electron chi connectivity index (χ0n) is 7.27. The van der Waals surface area contributed by atoms with E-state index in [2.05, 4.69) is 0 Å². The lowest BCUT2D eigenvalue weighted by Crippen LogP contribution is -2.19. The quantitative estimate of drug-likeness (QED) is 0.533. The Morgan fingerprint density at radius 1 is 1.43 bits per heavy atom. The van der Waals surface area contributed by atoms with E-state index in [0.717, 1.165) is 0 Å². The molecule has 0 radical (unpaired) electrons. The van der Waals surface area contributed by atoms with E-state index in [1.807, 2.05) is 0 Å². The van der Waals surface area contributed by atoms with Crippen LogP contribution in [-0.2, 0) is 4.79 Å². The lowest BCUT2D eigenvalue weighted by Gasteiger charge is -2.02. The maximum Gasteiger partial charge on any atom is 0.335 e. The van der Waals surface area contributed by atoms with Gasteiger partial charge in [0.05, 0.1) is 12.1 Å². The van der Waals surface area contributed by atoms with Crippen LogP contribution in [0, 0.1) is 0 Å². The van der Waals surface area contributed by atoms with Gasteiger partial charge in [-0.2, -0.15) is 0 Å². The molecule has 0 saturated heterocycles. The Balaban J connectivity index is 2.83. The van der Waals surface area contributed by atoms with Gasteiger partial charge in [-0.15, -0.1) is 0 Å². The standard InChI is InChI=1S/C9H9NO4/c10-5-8(11)14-7-3-1-2-6(4-7)9(12)13/h1-4H,5,10H2,(H,12,13). The predicted molar refractivity (Wildman–Crippen MR) is 48.1 cm³/mol. The monoisotopic (exact) mass is 195 g/mol. The van der Waals surface area contributed by atoms with Gasteiger partial charge >= 0.3 is 11.9 Å². The van der Waals surface area contributed by atoms with Crippen molar-refractivity contribution in [3.63, 3.8) is 0 Å². The van der Waals surface area contributed by atoms with Crippen LogP contribution in [0.5, 0.6) is 5.75 Å². The van der Waals surface area contributed by atoms with Gasteiger partial charge in [-0.1, -0.05) is 6.07 Å². The molecule has 0 spiro atoms. The zero-order chi connectivity index (χ0) is 10.6. The van der Waals surface area contributed by atoms with Gasteiger partial charge in [0.2, 0.25) is 0 Å². The van der Waals surface area contributed by atoms with Crippen LogP contribution in [0.2, 0.25) is 0 Å². The van der Waals surface area contributed by atoms with Gasteiger partial charge in [0.15, 0.2) is 0 Å². The van der Waals surface area contributed by atoms with Crippen molar-refractivity contribution in [1.82, 2.24) is 0 Å². The molecule has 3 N–H and O–H groups in total. The Morgan fingerprint density at radius 3 is 2.71 bits per heavy atom. The zero-order valence-corrected chi connectivity index (χ0v) is 7.27. The highest BCUT2D eigenvalue weighted by molar-refractivity contribution is 5.88. The molecule has 0 atom stereocenters. The number of carbonyl (C=O) groups is 2. The van der Waals surface area contributed by atoms with Crippen molar-refractivity contribution in [2.24, 2.45) is 5.73 Å². The van der Waals surface area contributed by atoms with Crippen molar-refractivity contribution in [2.45, 2.75) is 0 Å². The third-order valence-electron chi connectivity index (χ3n) is 1.48. The minimum absolute atomic E-state index is 0.0623. The van der Waals surface area contributed by atoms with Gasteiger partial charge in [-0.25, -0.2) is 4.79 Å². The Labute approximate surface area is 80.1 Å². The molecule has 1 rings (SSSR count). The van der Waals surface area contributed by atoms with E-state index < -0.39 is 11.9 Å².